The van der Waals surface area contributed by atoms with E-state index < -0.39 is 0 Å². The summed E-state index contributed by atoms with van der Waals surface area (Å²) in [6.45, 7) is 3.34. The van der Waals surface area contributed by atoms with Crippen LogP contribution in [0.5, 0.6) is 0 Å². The van der Waals surface area contributed by atoms with Crippen molar-refractivity contribution in [2.24, 2.45) is 11.8 Å². The van der Waals surface area contributed by atoms with Gasteiger partial charge in [0.1, 0.15) is 5.82 Å². The highest BCUT2D eigenvalue weighted by atomic mass is 15.1. The van der Waals surface area contributed by atoms with Gasteiger partial charge in [-0.1, -0.05) is 19.8 Å². The summed E-state index contributed by atoms with van der Waals surface area (Å²) in [5.41, 5.74) is 0.893. The third-order valence-corrected chi connectivity index (χ3v) is 4.20. The second-order valence-corrected chi connectivity index (χ2v) is 5.43. The van der Waals surface area contributed by atoms with Gasteiger partial charge in [0.25, 0.3) is 0 Å². The highest BCUT2D eigenvalue weighted by Gasteiger charge is 2.23. The van der Waals surface area contributed by atoms with E-state index in [1.165, 1.54) is 19.3 Å². The topological polar surface area (TPSA) is 54.2 Å². The minimum absolute atomic E-state index is 0.759. The van der Waals surface area contributed by atoms with Crippen LogP contribution in [0.4, 0.5) is 11.6 Å². The molecule has 2 atom stereocenters. The Kier molecular flexibility index (Phi) is 3.27. The number of aromatic nitrogens is 3. The van der Waals surface area contributed by atoms with E-state index in [1.807, 2.05) is 23.8 Å². The molecular weight excluding hydrogens is 238 g/mol. The minimum atomic E-state index is 0.759. The monoisotopic (exact) mass is 259 g/mol. The van der Waals surface area contributed by atoms with Gasteiger partial charge in [0.05, 0.1) is 6.20 Å². The van der Waals surface area contributed by atoms with E-state index in [9.17, 15) is 0 Å². The average Bonchev–Trinajstić information content (AvgIpc) is 3.04. The predicted molar refractivity (Wildman–Crippen MR) is 77.5 cm³/mol. The molecule has 0 aliphatic heterocycles. The maximum absolute atomic E-state index is 4.57. The maximum Gasteiger partial charge on any atom is 0.180 e. The van der Waals surface area contributed by atoms with Crippen molar-refractivity contribution in [1.82, 2.24) is 14.4 Å². The molecule has 5 nitrogen and oxygen atoms in total. The van der Waals surface area contributed by atoms with Crippen LogP contribution in [-0.2, 0) is 0 Å². The summed E-state index contributed by atoms with van der Waals surface area (Å²) in [7, 11) is 1.88. The number of imidazole rings is 1. The van der Waals surface area contributed by atoms with Crippen molar-refractivity contribution in [1.29, 1.82) is 0 Å². The fourth-order valence-electron chi connectivity index (χ4n) is 2.92. The predicted octanol–water partition coefficient (Wildman–Crippen LogP) is 2.62. The standard InChI is InChI=1S/C14H21N5/c1-10-4-3-5-11(10)8-17-13-14-16-6-7-19(14)9-12(15-2)18-13/h6-7,9-11,15H,3-5,8H2,1-2H3,(H,17,18). The molecule has 2 aromatic heterocycles. The van der Waals surface area contributed by atoms with Gasteiger partial charge in [-0.15, -0.1) is 0 Å². The SMILES string of the molecule is CNc1cn2ccnc2c(NCC2CCCC2C)n1. The van der Waals surface area contributed by atoms with Crippen molar-refractivity contribution in [2.45, 2.75) is 26.2 Å². The lowest BCUT2D eigenvalue weighted by atomic mass is 9.98. The normalized spacial score (nSPS) is 22.8. The molecule has 0 spiro atoms. The highest BCUT2D eigenvalue weighted by molar-refractivity contribution is 5.65. The summed E-state index contributed by atoms with van der Waals surface area (Å²) in [6, 6.07) is 0. The third-order valence-electron chi connectivity index (χ3n) is 4.20. The summed E-state index contributed by atoms with van der Waals surface area (Å²) in [5.74, 6) is 3.30. The molecule has 1 fully saturated rings. The highest BCUT2D eigenvalue weighted by Crippen LogP contribution is 2.31. The summed E-state index contributed by atoms with van der Waals surface area (Å²) >= 11 is 0. The van der Waals surface area contributed by atoms with E-state index in [4.69, 9.17) is 0 Å². The Balaban J connectivity index is 1.81. The molecule has 2 aromatic rings. The molecule has 1 aliphatic carbocycles. The number of anilines is 2. The van der Waals surface area contributed by atoms with Crippen molar-refractivity contribution in [3.63, 3.8) is 0 Å². The molecule has 0 saturated heterocycles. The zero-order valence-corrected chi connectivity index (χ0v) is 11.6. The van der Waals surface area contributed by atoms with E-state index in [0.717, 1.165) is 35.7 Å². The Hall–Kier alpha value is -1.78. The van der Waals surface area contributed by atoms with Crippen molar-refractivity contribution in [3.05, 3.63) is 18.6 Å². The summed E-state index contributed by atoms with van der Waals surface area (Å²) in [6.07, 6.45) is 9.74. The summed E-state index contributed by atoms with van der Waals surface area (Å²) in [5, 5.41) is 6.57. The number of hydrogen-bond donors (Lipinski definition) is 2. The second-order valence-electron chi connectivity index (χ2n) is 5.43. The first-order valence-corrected chi connectivity index (χ1v) is 7.03. The lowest BCUT2D eigenvalue weighted by molar-refractivity contribution is 0.439. The number of rotatable bonds is 4. The molecule has 19 heavy (non-hydrogen) atoms. The molecule has 5 heteroatoms. The van der Waals surface area contributed by atoms with Crippen LogP contribution < -0.4 is 10.6 Å². The van der Waals surface area contributed by atoms with Crippen LogP contribution in [0, 0.1) is 11.8 Å². The first kappa shape index (κ1) is 12.3. The van der Waals surface area contributed by atoms with Crippen LogP contribution in [0.15, 0.2) is 18.6 Å². The van der Waals surface area contributed by atoms with E-state index in [2.05, 4.69) is 27.5 Å². The number of fused-ring (bicyclic) bond motifs is 1. The van der Waals surface area contributed by atoms with Crippen LogP contribution in [0.2, 0.25) is 0 Å². The van der Waals surface area contributed by atoms with Crippen molar-refractivity contribution in [3.8, 4) is 0 Å². The van der Waals surface area contributed by atoms with Gasteiger partial charge in [-0.05, 0) is 18.3 Å². The quantitative estimate of drug-likeness (QED) is 0.886. The molecule has 2 unspecified atom stereocenters. The molecule has 2 N–H and O–H groups in total. The van der Waals surface area contributed by atoms with Gasteiger partial charge >= 0.3 is 0 Å². The zero-order chi connectivity index (χ0) is 13.2. The van der Waals surface area contributed by atoms with E-state index >= 15 is 0 Å². The van der Waals surface area contributed by atoms with Gasteiger partial charge < -0.3 is 15.0 Å². The first-order valence-electron chi connectivity index (χ1n) is 7.03. The Bertz CT molecular complexity index is 562. The lowest BCUT2D eigenvalue weighted by Gasteiger charge is -2.17. The Morgan fingerprint density at radius 2 is 2.32 bits per heavy atom. The van der Waals surface area contributed by atoms with E-state index in [1.54, 1.807) is 6.20 Å². The van der Waals surface area contributed by atoms with Gasteiger partial charge in [-0.2, -0.15) is 0 Å². The van der Waals surface area contributed by atoms with E-state index in [0.29, 0.717) is 0 Å². The van der Waals surface area contributed by atoms with Crippen LogP contribution in [0.1, 0.15) is 26.2 Å². The molecule has 0 aromatic carbocycles. The Morgan fingerprint density at radius 1 is 1.42 bits per heavy atom. The van der Waals surface area contributed by atoms with Crippen molar-refractivity contribution in [2.75, 3.05) is 24.2 Å². The van der Waals surface area contributed by atoms with Crippen LogP contribution in [0.25, 0.3) is 5.65 Å². The third kappa shape index (κ3) is 2.37. The lowest BCUT2D eigenvalue weighted by Crippen LogP contribution is -2.18. The smallest absolute Gasteiger partial charge is 0.180 e. The zero-order valence-electron chi connectivity index (χ0n) is 11.6. The van der Waals surface area contributed by atoms with Crippen molar-refractivity contribution >= 4 is 17.3 Å². The molecule has 0 radical (unpaired) electrons. The van der Waals surface area contributed by atoms with Gasteiger partial charge in [0.2, 0.25) is 0 Å². The minimum Gasteiger partial charge on any atom is -0.372 e. The maximum atomic E-state index is 4.57. The van der Waals surface area contributed by atoms with E-state index in [-0.39, 0.29) is 0 Å². The number of hydrogen-bond acceptors (Lipinski definition) is 4. The molecular formula is C14H21N5. The van der Waals surface area contributed by atoms with Crippen LogP contribution in [0.3, 0.4) is 0 Å². The Morgan fingerprint density at radius 3 is 3.05 bits per heavy atom. The van der Waals surface area contributed by atoms with Gasteiger partial charge in [-0.25, -0.2) is 9.97 Å². The molecule has 0 amide bonds. The molecule has 3 rings (SSSR count). The van der Waals surface area contributed by atoms with Gasteiger partial charge in [0, 0.05) is 26.0 Å². The first-order chi connectivity index (χ1) is 9.28. The fourth-order valence-corrected chi connectivity index (χ4v) is 2.92. The molecule has 102 valence electrons. The number of nitrogens with one attached hydrogen (secondary N) is 2. The fraction of sp³-hybridized carbons (Fsp3) is 0.571. The summed E-state index contributed by atoms with van der Waals surface area (Å²) in [4.78, 5) is 8.94. The molecule has 1 saturated carbocycles. The number of nitrogens with zero attached hydrogens (tertiary/aromatic N) is 3. The van der Waals surface area contributed by atoms with Gasteiger partial charge in [-0.3, -0.25) is 0 Å². The molecule has 0 bridgehead atoms. The largest absolute Gasteiger partial charge is 0.372 e. The molecule has 2 heterocycles. The van der Waals surface area contributed by atoms with Crippen LogP contribution in [-0.4, -0.2) is 28.0 Å². The molecule has 1 aliphatic rings. The Labute approximate surface area is 113 Å². The average molecular weight is 259 g/mol. The van der Waals surface area contributed by atoms with Gasteiger partial charge in [0.15, 0.2) is 11.5 Å². The van der Waals surface area contributed by atoms with Crippen molar-refractivity contribution < 1.29 is 0 Å². The second kappa shape index (κ2) is 5.07. The van der Waals surface area contributed by atoms with Crippen LogP contribution >= 0.6 is 0 Å². The summed E-state index contributed by atoms with van der Waals surface area (Å²) < 4.78 is 2.00.